The smallest absolute Gasteiger partial charge is 0.270 e. The van der Waals surface area contributed by atoms with Crippen molar-refractivity contribution in [2.75, 3.05) is 21.3 Å². The number of aromatic nitrogens is 2. The van der Waals surface area contributed by atoms with Crippen LogP contribution in [0.3, 0.4) is 0 Å². The number of nitrogens with zero attached hydrogens (tertiary/aromatic N) is 1. The Kier molecular flexibility index (Phi) is 7.02. The number of hydrogen-bond donors (Lipinski definition) is 4. The van der Waals surface area contributed by atoms with Crippen LogP contribution in [0.15, 0.2) is 72.8 Å². The molecule has 0 saturated heterocycles. The van der Waals surface area contributed by atoms with E-state index in [2.05, 4.69) is 10.3 Å². The number of carbonyl (C=O) groups is 2. The van der Waals surface area contributed by atoms with Crippen molar-refractivity contribution in [3.63, 3.8) is 0 Å². The Labute approximate surface area is 223 Å². The number of methoxy groups -OCH3 is 3. The maximum Gasteiger partial charge on any atom is 0.270 e. The molecule has 3 aromatic carbocycles. The fourth-order valence-corrected chi connectivity index (χ4v) is 4.60. The van der Waals surface area contributed by atoms with Crippen molar-refractivity contribution in [1.29, 1.82) is 0 Å². The molecular weight excluding hydrogens is 500 g/mol. The van der Waals surface area contributed by atoms with Gasteiger partial charge in [-0.3, -0.25) is 14.8 Å². The van der Waals surface area contributed by atoms with Crippen LogP contribution in [0.25, 0.3) is 33.1 Å². The van der Waals surface area contributed by atoms with Gasteiger partial charge in [-0.15, -0.1) is 0 Å². The van der Waals surface area contributed by atoms with Crippen LogP contribution in [0.1, 0.15) is 22.1 Å². The van der Waals surface area contributed by atoms with E-state index in [1.807, 2.05) is 24.3 Å². The zero-order valence-corrected chi connectivity index (χ0v) is 21.4. The minimum Gasteiger partial charge on any atom is -0.493 e. The lowest BCUT2D eigenvalue weighted by Crippen LogP contribution is -2.39. The first-order chi connectivity index (χ1) is 19.0. The molecule has 0 aliphatic carbocycles. The van der Waals surface area contributed by atoms with Crippen LogP contribution in [0, 0.1) is 0 Å². The van der Waals surface area contributed by atoms with E-state index in [-0.39, 0.29) is 5.69 Å². The summed E-state index contributed by atoms with van der Waals surface area (Å²) in [6.07, 6.45) is 0. The van der Waals surface area contributed by atoms with Crippen LogP contribution in [-0.2, 0) is 4.79 Å². The SMILES string of the molecule is COc1cc(-c2nc(C(=O)NC(C(=O)NO)c3ccccc3)cc3c2[nH]c2ccccc23)cc(OC)c1OC. The zero-order chi connectivity index (χ0) is 27.5. The highest BCUT2D eigenvalue weighted by Crippen LogP contribution is 2.42. The molecule has 39 heavy (non-hydrogen) atoms. The number of pyridine rings is 1. The standard InChI is InChI=1S/C29H26N4O6/c1-37-22-13-17(14-23(38-2)27(22)39-3)24-26-19(18-11-7-8-12-20(18)30-26)15-21(31-24)28(34)32-25(29(35)33-36)16-9-5-4-6-10-16/h4-15,25,30,36H,1-3H3,(H,32,34)(H,33,35). The van der Waals surface area contributed by atoms with E-state index >= 15 is 0 Å². The van der Waals surface area contributed by atoms with Crippen molar-refractivity contribution in [2.24, 2.45) is 0 Å². The second-order valence-corrected chi connectivity index (χ2v) is 8.66. The normalized spacial score (nSPS) is 11.7. The Hall–Kier alpha value is -5.09. The molecular formula is C29H26N4O6. The molecule has 198 valence electrons. The second-order valence-electron chi connectivity index (χ2n) is 8.66. The summed E-state index contributed by atoms with van der Waals surface area (Å²) in [6, 6.07) is 20.3. The Bertz CT molecular complexity index is 1660. The molecule has 0 spiro atoms. The number of H-pyrrole nitrogens is 1. The van der Waals surface area contributed by atoms with Crippen LogP contribution in [0.5, 0.6) is 17.2 Å². The second kappa shape index (κ2) is 10.7. The van der Waals surface area contributed by atoms with Crippen molar-refractivity contribution in [2.45, 2.75) is 6.04 Å². The van der Waals surface area contributed by atoms with Gasteiger partial charge >= 0.3 is 0 Å². The van der Waals surface area contributed by atoms with Crippen LogP contribution >= 0.6 is 0 Å². The van der Waals surface area contributed by atoms with Gasteiger partial charge in [0.15, 0.2) is 11.5 Å². The van der Waals surface area contributed by atoms with E-state index in [0.29, 0.717) is 39.6 Å². The first kappa shape index (κ1) is 25.6. The summed E-state index contributed by atoms with van der Waals surface area (Å²) in [5.74, 6) is -0.111. The number of para-hydroxylation sites is 1. The van der Waals surface area contributed by atoms with E-state index in [0.717, 1.165) is 16.3 Å². The van der Waals surface area contributed by atoms with E-state index in [4.69, 9.17) is 19.2 Å². The average molecular weight is 527 g/mol. The molecule has 2 amide bonds. The largest absolute Gasteiger partial charge is 0.493 e. The predicted octanol–water partition coefficient (Wildman–Crippen LogP) is 4.39. The molecule has 0 saturated carbocycles. The highest BCUT2D eigenvalue weighted by Gasteiger charge is 2.25. The van der Waals surface area contributed by atoms with Gasteiger partial charge in [-0.1, -0.05) is 48.5 Å². The number of ether oxygens (including phenoxy) is 3. The van der Waals surface area contributed by atoms with Gasteiger partial charge in [0.05, 0.1) is 32.5 Å². The third kappa shape index (κ3) is 4.69. The molecule has 0 fully saturated rings. The highest BCUT2D eigenvalue weighted by atomic mass is 16.5. The highest BCUT2D eigenvalue weighted by molar-refractivity contribution is 6.13. The minimum atomic E-state index is -1.14. The molecule has 10 nitrogen and oxygen atoms in total. The summed E-state index contributed by atoms with van der Waals surface area (Å²) in [5.41, 5.74) is 4.84. The monoisotopic (exact) mass is 526 g/mol. The summed E-state index contributed by atoms with van der Waals surface area (Å²) in [5, 5.41) is 13.7. The van der Waals surface area contributed by atoms with Crippen molar-refractivity contribution in [3.8, 4) is 28.5 Å². The number of fused-ring (bicyclic) bond motifs is 3. The van der Waals surface area contributed by atoms with E-state index in [9.17, 15) is 14.8 Å². The lowest BCUT2D eigenvalue weighted by molar-refractivity contribution is -0.131. The van der Waals surface area contributed by atoms with Crippen molar-refractivity contribution in [3.05, 3.63) is 84.1 Å². The molecule has 10 heteroatoms. The molecule has 5 rings (SSSR count). The Balaban J connectivity index is 1.69. The van der Waals surface area contributed by atoms with Crippen LogP contribution in [-0.4, -0.2) is 48.3 Å². The topological polar surface area (TPSA) is 135 Å². The first-order valence-electron chi connectivity index (χ1n) is 12.0. The molecule has 0 aliphatic rings. The molecule has 2 heterocycles. The quantitative estimate of drug-likeness (QED) is 0.174. The molecule has 1 unspecified atom stereocenters. The molecule has 1 atom stereocenters. The molecule has 0 bridgehead atoms. The minimum absolute atomic E-state index is 0.0719. The molecule has 0 aliphatic heterocycles. The maximum absolute atomic E-state index is 13.6. The third-order valence-electron chi connectivity index (χ3n) is 6.45. The zero-order valence-electron chi connectivity index (χ0n) is 21.4. The van der Waals surface area contributed by atoms with Crippen molar-refractivity contribution < 1.29 is 29.0 Å². The predicted molar refractivity (Wildman–Crippen MR) is 145 cm³/mol. The maximum atomic E-state index is 13.6. The van der Waals surface area contributed by atoms with Gasteiger partial charge in [-0.05, 0) is 29.8 Å². The molecule has 2 aromatic heterocycles. The fraction of sp³-hybridized carbons (Fsp3) is 0.138. The molecule has 4 N–H and O–H groups in total. The fourth-order valence-electron chi connectivity index (χ4n) is 4.60. The number of nitrogens with one attached hydrogen (secondary N) is 3. The number of hydroxylamine groups is 1. The Morgan fingerprint density at radius 1 is 0.872 bits per heavy atom. The Morgan fingerprint density at radius 3 is 2.18 bits per heavy atom. The van der Waals surface area contributed by atoms with Gasteiger partial charge < -0.3 is 24.5 Å². The van der Waals surface area contributed by atoms with E-state index in [1.54, 1.807) is 54.0 Å². The third-order valence-corrected chi connectivity index (χ3v) is 6.45. The number of amides is 2. The number of carbonyl (C=O) groups excluding carboxylic acids is 2. The van der Waals surface area contributed by atoms with Crippen molar-refractivity contribution >= 4 is 33.6 Å². The summed E-state index contributed by atoms with van der Waals surface area (Å²) in [6.45, 7) is 0. The summed E-state index contributed by atoms with van der Waals surface area (Å²) in [4.78, 5) is 34.2. The van der Waals surface area contributed by atoms with Crippen LogP contribution < -0.4 is 25.0 Å². The average Bonchev–Trinajstić information content (AvgIpc) is 3.37. The number of rotatable bonds is 8. The molecule has 0 radical (unpaired) electrons. The lowest BCUT2D eigenvalue weighted by Gasteiger charge is -2.18. The Morgan fingerprint density at radius 2 is 1.54 bits per heavy atom. The van der Waals surface area contributed by atoms with Crippen LogP contribution in [0.4, 0.5) is 0 Å². The van der Waals surface area contributed by atoms with Crippen molar-refractivity contribution in [1.82, 2.24) is 20.8 Å². The number of aromatic amines is 1. The number of benzene rings is 3. The number of hydrogen-bond acceptors (Lipinski definition) is 7. The van der Waals surface area contributed by atoms with E-state index in [1.165, 1.54) is 21.3 Å². The molecule has 5 aromatic rings. The first-order valence-corrected chi connectivity index (χ1v) is 12.0. The van der Waals surface area contributed by atoms with Gasteiger partial charge in [-0.25, -0.2) is 10.5 Å². The summed E-state index contributed by atoms with van der Waals surface area (Å²) < 4.78 is 16.5. The van der Waals surface area contributed by atoms with Gasteiger partial charge in [-0.2, -0.15) is 0 Å². The summed E-state index contributed by atoms with van der Waals surface area (Å²) in [7, 11) is 4.56. The van der Waals surface area contributed by atoms with E-state index < -0.39 is 17.9 Å². The van der Waals surface area contributed by atoms with Gasteiger partial charge in [0.1, 0.15) is 11.7 Å². The van der Waals surface area contributed by atoms with Gasteiger partial charge in [0.25, 0.3) is 11.8 Å². The van der Waals surface area contributed by atoms with Gasteiger partial charge in [0.2, 0.25) is 5.75 Å². The van der Waals surface area contributed by atoms with Crippen LogP contribution in [0.2, 0.25) is 0 Å². The summed E-state index contributed by atoms with van der Waals surface area (Å²) >= 11 is 0. The van der Waals surface area contributed by atoms with Gasteiger partial charge in [0, 0.05) is 21.9 Å². The lowest BCUT2D eigenvalue weighted by atomic mass is 10.0.